The maximum absolute atomic E-state index is 13.2. The number of hydrazone groups is 1. The molecule has 1 heterocycles. The van der Waals surface area contributed by atoms with Gasteiger partial charge in [-0.1, -0.05) is 11.6 Å². The Balaban J connectivity index is 1.99. The Morgan fingerprint density at radius 3 is 3.13 bits per heavy atom. The van der Waals surface area contributed by atoms with Crippen LogP contribution in [0, 0.1) is 5.82 Å². The molecule has 6 nitrogen and oxygen atoms in total. The molecule has 0 unspecified atom stereocenters. The van der Waals surface area contributed by atoms with E-state index in [2.05, 4.69) is 15.5 Å². The zero-order valence-electron chi connectivity index (χ0n) is 12.0. The largest absolute Gasteiger partial charge is 0.506 e. The number of halogens is 2. The molecular formula is C14H13ClFN3O3S. The van der Waals surface area contributed by atoms with Crippen molar-refractivity contribution in [3.05, 3.63) is 39.6 Å². The zero-order valence-corrected chi connectivity index (χ0v) is 13.6. The van der Waals surface area contributed by atoms with Gasteiger partial charge in [-0.2, -0.15) is 5.10 Å². The van der Waals surface area contributed by atoms with Crippen molar-refractivity contribution >= 4 is 40.3 Å². The van der Waals surface area contributed by atoms with Gasteiger partial charge in [0.25, 0.3) is 0 Å². The molecule has 0 bridgehead atoms. The van der Waals surface area contributed by atoms with E-state index in [9.17, 15) is 14.3 Å². The van der Waals surface area contributed by atoms with E-state index in [1.165, 1.54) is 17.6 Å². The Bertz CT molecular complexity index is 736. The van der Waals surface area contributed by atoms with Crippen LogP contribution in [0.1, 0.15) is 18.2 Å². The average molecular weight is 358 g/mol. The van der Waals surface area contributed by atoms with Gasteiger partial charge >= 0.3 is 5.97 Å². The third-order valence-electron chi connectivity index (χ3n) is 2.60. The molecule has 0 aliphatic carbocycles. The summed E-state index contributed by atoms with van der Waals surface area (Å²) >= 11 is 6.92. The number of nitrogens with zero attached hydrogens (tertiary/aromatic N) is 2. The molecular weight excluding hydrogens is 345 g/mol. The molecule has 0 atom stereocenters. The normalized spacial score (nSPS) is 10.9. The number of esters is 1. The van der Waals surface area contributed by atoms with Crippen LogP contribution in [0.3, 0.4) is 0 Å². The van der Waals surface area contributed by atoms with Crippen molar-refractivity contribution in [3.63, 3.8) is 0 Å². The first-order valence-corrected chi connectivity index (χ1v) is 7.82. The van der Waals surface area contributed by atoms with Gasteiger partial charge in [-0.3, -0.25) is 10.2 Å². The van der Waals surface area contributed by atoms with E-state index in [0.717, 1.165) is 12.1 Å². The van der Waals surface area contributed by atoms with Crippen LogP contribution in [0.15, 0.2) is 22.6 Å². The molecule has 9 heteroatoms. The van der Waals surface area contributed by atoms with Gasteiger partial charge in [0.2, 0.25) is 5.13 Å². The summed E-state index contributed by atoms with van der Waals surface area (Å²) in [5.41, 5.74) is 3.32. The van der Waals surface area contributed by atoms with Gasteiger partial charge in [-0.25, -0.2) is 9.37 Å². The molecule has 2 N–H and O–H groups in total. The van der Waals surface area contributed by atoms with Gasteiger partial charge in [-0.05, 0) is 19.1 Å². The molecule has 0 saturated carbocycles. The number of aromatic nitrogens is 1. The zero-order chi connectivity index (χ0) is 16.8. The molecule has 0 fully saturated rings. The fourth-order valence-electron chi connectivity index (χ4n) is 1.64. The average Bonchev–Trinajstić information content (AvgIpc) is 2.91. The van der Waals surface area contributed by atoms with E-state index in [0.29, 0.717) is 17.4 Å². The maximum Gasteiger partial charge on any atom is 0.311 e. The quantitative estimate of drug-likeness (QED) is 0.471. The first-order valence-electron chi connectivity index (χ1n) is 6.56. The lowest BCUT2D eigenvalue weighted by molar-refractivity contribution is -0.142. The van der Waals surface area contributed by atoms with E-state index < -0.39 is 5.82 Å². The van der Waals surface area contributed by atoms with Crippen LogP contribution in [0.2, 0.25) is 5.02 Å². The van der Waals surface area contributed by atoms with E-state index in [-0.39, 0.29) is 28.7 Å². The highest BCUT2D eigenvalue weighted by Gasteiger charge is 2.09. The molecule has 0 aliphatic rings. The van der Waals surface area contributed by atoms with Crippen LogP contribution in [0.5, 0.6) is 5.75 Å². The standard InChI is InChI=1S/C14H13ClFN3O3S/c1-2-22-12(20)5-10-7-23-14(18-10)19-17-6-8-3-9(16)4-11(15)13(8)21/h3-4,6-7,21H,2,5H2,1H3,(H,18,19). The summed E-state index contributed by atoms with van der Waals surface area (Å²) in [7, 11) is 0. The van der Waals surface area contributed by atoms with Crippen LogP contribution in [-0.4, -0.2) is 28.9 Å². The number of anilines is 1. The Hall–Kier alpha value is -2.19. The van der Waals surface area contributed by atoms with Crippen molar-refractivity contribution in [2.24, 2.45) is 5.10 Å². The number of phenolic OH excluding ortho intramolecular Hbond substituents is 1. The van der Waals surface area contributed by atoms with Crippen molar-refractivity contribution in [1.29, 1.82) is 0 Å². The Kier molecular flexibility index (Phi) is 5.89. The summed E-state index contributed by atoms with van der Waals surface area (Å²) in [5.74, 6) is -1.20. The predicted molar refractivity (Wildman–Crippen MR) is 86.7 cm³/mol. The predicted octanol–water partition coefficient (Wildman–Crippen LogP) is 3.19. The summed E-state index contributed by atoms with van der Waals surface area (Å²) in [5, 5.41) is 15.6. The summed E-state index contributed by atoms with van der Waals surface area (Å²) < 4.78 is 18.0. The number of hydrogen-bond donors (Lipinski definition) is 2. The summed E-state index contributed by atoms with van der Waals surface area (Å²) in [6, 6.07) is 2.10. The lowest BCUT2D eigenvalue weighted by Crippen LogP contribution is -2.07. The smallest absolute Gasteiger partial charge is 0.311 e. The topological polar surface area (TPSA) is 83.8 Å². The molecule has 23 heavy (non-hydrogen) atoms. The van der Waals surface area contributed by atoms with E-state index in [4.69, 9.17) is 16.3 Å². The highest BCUT2D eigenvalue weighted by atomic mass is 35.5. The van der Waals surface area contributed by atoms with E-state index >= 15 is 0 Å². The van der Waals surface area contributed by atoms with Crippen LogP contribution >= 0.6 is 22.9 Å². The number of ether oxygens (including phenoxy) is 1. The lowest BCUT2D eigenvalue weighted by atomic mass is 10.2. The van der Waals surface area contributed by atoms with Gasteiger partial charge in [0.05, 0.1) is 30.0 Å². The minimum absolute atomic E-state index is 0.0794. The number of hydrogen-bond acceptors (Lipinski definition) is 7. The molecule has 0 aliphatic heterocycles. The third kappa shape index (κ3) is 4.90. The summed E-state index contributed by atoms with van der Waals surface area (Å²) in [4.78, 5) is 15.5. The fourth-order valence-corrected chi connectivity index (χ4v) is 2.51. The van der Waals surface area contributed by atoms with Crippen molar-refractivity contribution in [1.82, 2.24) is 4.98 Å². The first kappa shape index (κ1) is 17.2. The number of aromatic hydroxyl groups is 1. The van der Waals surface area contributed by atoms with Gasteiger partial charge < -0.3 is 9.84 Å². The monoisotopic (exact) mass is 357 g/mol. The third-order valence-corrected chi connectivity index (χ3v) is 3.69. The van der Waals surface area contributed by atoms with Crippen LogP contribution in [0.4, 0.5) is 9.52 Å². The highest BCUT2D eigenvalue weighted by Crippen LogP contribution is 2.27. The summed E-state index contributed by atoms with van der Waals surface area (Å²) in [6.07, 6.45) is 1.30. The molecule has 2 rings (SSSR count). The lowest BCUT2D eigenvalue weighted by Gasteiger charge is -2.01. The Morgan fingerprint density at radius 2 is 2.39 bits per heavy atom. The van der Waals surface area contributed by atoms with Crippen molar-refractivity contribution in [2.45, 2.75) is 13.3 Å². The van der Waals surface area contributed by atoms with Gasteiger partial charge in [-0.15, -0.1) is 11.3 Å². The SMILES string of the molecule is CCOC(=O)Cc1csc(NN=Cc2cc(F)cc(Cl)c2O)n1. The van der Waals surface area contributed by atoms with Gasteiger partial charge in [0.1, 0.15) is 11.6 Å². The Labute approximate surface area is 140 Å². The van der Waals surface area contributed by atoms with Gasteiger partial charge in [0.15, 0.2) is 0 Å². The molecule has 0 amide bonds. The van der Waals surface area contributed by atoms with Crippen LogP contribution < -0.4 is 5.43 Å². The van der Waals surface area contributed by atoms with E-state index in [1.54, 1.807) is 12.3 Å². The molecule has 1 aromatic carbocycles. The first-order chi connectivity index (χ1) is 11.0. The summed E-state index contributed by atoms with van der Waals surface area (Å²) in [6.45, 7) is 2.05. The second kappa shape index (κ2) is 7.89. The van der Waals surface area contributed by atoms with Crippen LogP contribution in [-0.2, 0) is 16.0 Å². The molecule has 0 radical (unpaired) electrons. The Morgan fingerprint density at radius 1 is 1.61 bits per heavy atom. The number of benzene rings is 1. The number of nitrogens with one attached hydrogen (secondary N) is 1. The minimum atomic E-state index is -0.583. The number of phenols is 1. The van der Waals surface area contributed by atoms with Crippen molar-refractivity contribution < 1.29 is 19.0 Å². The number of rotatable bonds is 6. The van der Waals surface area contributed by atoms with Crippen molar-refractivity contribution in [2.75, 3.05) is 12.0 Å². The second-order valence-corrected chi connectivity index (χ2v) is 5.59. The highest BCUT2D eigenvalue weighted by molar-refractivity contribution is 7.13. The fraction of sp³-hybridized carbons (Fsp3) is 0.214. The molecule has 122 valence electrons. The van der Waals surface area contributed by atoms with Crippen LogP contribution in [0.25, 0.3) is 0 Å². The molecule has 0 saturated heterocycles. The van der Waals surface area contributed by atoms with E-state index in [1.807, 2.05) is 0 Å². The van der Waals surface area contributed by atoms with Gasteiger partial charge in [0, 0.05) is 10.9 Å². The number of carbonyl (C=O) groups excluding carboxylic acids is 1. The number of carbonyl (C=O) groups is 1. The molecule has 0 spiro atoms. The molecule has 2 aromatic rings. The van der Waals surface area contributed by atoms with Crippen molar-refractivity contribution in [3.8, 4) is 5.75 Å². The molecule has 1 aromatic heterocycles. The minimum Gasteiger partial charge on any atom is -0.506 e. The second-order valence-electron chi connectivity index (χ2n) is 4.32. The number of thiazole rings is 1. The maximum atomic E-state index is 13.2.